The molecule has 3 rings (SSSR count). The third-order valence-electron chi connectivity index (χ3n) is 3.85. The molecule has 1 aromatic heterocycles. The first-order chi connectivity index (χ1) is 12.1. The zero-order valence-electron chi connectivity index (χ0n) is 13.7. The highest BCUT2D eigenvalue weighted by atomic mass is 79.9. The lowest BCUT2D eigenvalue weighted by atomic mass is 10.1. The second kappa shape index (κ2) is 7.53. The summed E-state index contributed by atoms with van der Waals surface area (Å²) in [5, 5.41) is 3.54. The van der Waals surface area contributed by atoms with Crippen LogP contribution >= 0.6 is 15.9 Å². The van der Waals surface area contributed by atoms with Gasteiger partial charge in [-0.15, -0.1) is 0 Å². The number of fused-ring (bicyclic) bond motifs is 1. The van der Waals surface area contributed by atoms with E-state index in [1.165, 1.54) is 10.6 Å². The molecule has 3 aromatic rings. The summed E-state index contributed by atoms with van der Waals surface area (Å²) >= 11 is 3.38. The van der Waals surface area contributed by atoms with Crippen LogP contribution in [0.25, 0.3) is 10.9 Å². The fourth-order valence-corrected chi connectivity index (χ4v) is 2.96. The predicted molar refractivity (Wildman–Crippen MR) is 101 cm³/mol. The van der Waals surface area contributed by atoms with Gasteiger partial charge in [0.1, 0.15) is 12.4 Å². The predicted octanol–water partition coefficient (Wildman–Crippen LogP) is 3.11. The fourth-order valence-electron chi connectivity index (χ4n) is 2.58. The number of halogens is 1. The van der Waals surface area contributed by atoms with Crippen molar-refractivity contribution in [1.29, 1.82) is 0 Å². The van der Waals surface area contributed by atoms with Gasteiger partial charge in [-0.1, -0.05) is 40.2 Å². The van der Waals surface area contributed by atoms with Crippen LogP contribution in [-0.2, 0) is 7.05 Å². The SMILES string of the molecule is Cn1c(=O)cc(C(=O)NCCOc2cccc(Br)c2)c2ccccc21. The zero-order valence-corrected chi connectivity index (χ0v) is 15.2. The second-order valence-electron chi connectivity index (χ2n) is 5.53. The number of amides is 1. The van der Waals surface area contributed by atoms with Crippen LogP contribution in [0.2, 0.25) is 0 Å². The first-order valence-electron chi connectivity index (χ1n) is 7.81. The number of nitrogens with one attached hydrogen (secondary N) is 1. The first kappa shape index (κ1) is 17.2. The number of rotatable bonds is 5. The van der Waals surface area contributed by atoms with E-state index >= 15 is 0 Å². The molecule has 0 saturated heterocycles. The van der Waals surface area contributed by atoms with E-state index in [2.05, 4.69) is 21.2 Å². The third kappa shape index (κ3) is 3.91. The molecule has 128 valence electrons. The molecule has 0 saturated carbocycles. The van der Waals surface area contributed by atoms with Gasteiger partial charge in [-0.25, -0.2) is 0 Å². The molecular weight excluding hydrogens is 384 g/mol. The van der Waals surface area contributed by atoms with Gasteiger partial charge in [0.25, 0.3) is 11.5 Å². The van der Waals surface area contributed by atoms with Crippen molar-refractivity contribution in [1.82, 2.24) is 9.88 Å². The molecule has 6 heteroatoms. The molecule has 0 aliphatic carbocycles. The highest BCUT2D eigenvalue weighted by Gasteiger charge is 2.12. The summed E-state index contributed by atoms with van der Waals surface area (Å²) in [6, 6.07) is 16.2. The van der Waals surface area contributed by atoms with Gasteiger partial charge in [0, 0.05) is 23.0 Å². The van der Waals surface area contributed by atoms with Crippen molar-refractivity contribution in [2.45, 2.75) is 0 Å². The van der Waals surface area contributed by atoms with Gasteiger partial charge in [0.2, 0.25) is 0 Å². The van der Waals surface area contributed by atoms with E-state index in [0.29, 0.717) is 18.7 Å². The molecular formula is C19H17BrN2O3. The zero-order chi connectivity index (χ0) is 17.8. The van der Waals surface area contributed by atoms with Gasteiger partial charge in [-0.3, -0.25) is 9.59 Å². The Bertz CT molecular complexity index is 982. The van der Waals surface area contributed by atoms with Gasteiger partial charge in [0.05, 0.1) is 17.6 Å². The minimum Gasteiger partial charge on any atom is -0.492 e. The summed E-state index contributed by atoms with van der Waals surface area (Å²) in [6.45, 7) is 0.680. The Morgan fingerprint density at radius 2 is 1.96 bits per heavy atom. The Hall–Kier alpha value is -2.60. The largest absolute Gasteiger partial charge is 0.492 e. The number of aromatic nitrogens is 1. The van der Waals surface area contributed by atoms with E-state index in [-0.39, 0.29) is 11.5 Å². The lowest BCUT2D eigenvalue weighted by molar-refractivity contribution is 0.0948. The number of ether oxygens (including phenoxy) is 1. The normalized spacial score (nSPS) is 10.6. The number of aryl methyl sites for hydroxylation is 1. The molecule has 0 fully saturated rings. The van der Waals surface area contributed by atoms with Gasteiger partial charge < -0.3 is 14.6 Å². The van der Waals surface area contributed by atoms with Gasteiger partial charge in [-0.05, 0) is 24.3 Å². The van der Waals surface area contributed by atoms with E-state index < -0.39 is 0 Å². The summed E-state index contributed by atoms with van der Waals surface area (Å²) in [6.07, 6.45) is 0. The molecule has 0 spiro atoms. The van der Waals surface area contributed by atoms with Crippen LogP contribution in [0.1, 0.15) is 10.4 Å². The quantitative estimate of drug-likeness (QED) is 0.669. The summed E-state index contributed by atoms with van der Waals surface area (Å²) in [4.78, 5) is 24.5. The molecule has 2 aromatic carbocycles. The number of carbonyl (C=O) groups excluding carboxylic acids is 1. The number of hydrogen-bond donors (Lipinski definition) is 1. The van der Waals surface area contributed by atoms with Crippen molar-refractivity contribution in [3.63, 3.8) is 0 Å². The molecule has 0 unspecified atom stereocenters. The van der Waals surface area contributed by atoms with Crippen LogP contribution in [0.4, 0.5) is 0 Å². The maximum atomic E-state index is 12.5. The average molecular weight is 401 g/mol. The molecule has 0 aliphatic heterocycles. The molecule has 0 radical (unpaired) electrons. The topological polar surface area (TPSA) is 60.3 Å². The van der Waals surface area contributed by atoms with Gasteiger partial charge in [0.15, 0.2) is 0 Å². The Morgan fingerprint density at radius 3 is 2.76 bits per heavy atom. The van der Waals surface area contributed by atoms with Crippen molar-refractivity contribution < 1.29 is 9.53 Å². The molecule has 0 aliphatic rings. The number of carbonyl (C=O) groups is 1. The minimum absolute atomic E-state index is 0.214. The molecule has 0 atom stereocenters. The lowest BCUT2D eigenvalue weighted by Crippen LogP contribution is -2.30. The first-order valence-corrected chi connectivity index (χ1v) is 8.61. The third-order valence-corrected chi connectivity index (χ3v) is 4.34. The maximum absolute atomic E-state index is 12.5. The summed E-state index contributed by atoms with van der Waals surface area (Å²) < 4.78 is 8.05. The highest BCUT2D eigenvalue weighted by molar-refractivity contribution is 9.10. The van der Waals surface area contributed by atoms with Crippen molar-refractivity contribution in [3.8, 4) is 5.75 Å². The minimum atomic E-state index is -0.285. The summed E-state index contributed by atoms with van der Waals surface area (Å²) in [5.74, 6) is 0.439. The lowest BCUT2D eigenvalue weighted by Gasteiger charge is -2.11. The Kier molecular flexibility index (Phi) is 5.19. The Balaban J connectivity index is 1.69. The van der Waals surface area contributed by atoms with E-state index in [1.807, 2.05) is 48.5 Å². The summed E-state index contributed by atoms with van der Waals surface area (Å²) in [7, 11) is 1.69. The molecule has 1 heterocycles. The number of nitrogens with zero attached hydrogens (tertiary/aromatic N) is 1. The molecule has 0 bridgehead atoms. The van der Waals surface area contributed by atoms with Crippen molar-refractivity contribution in [2.24, 2.45) is 7.05 Å². The monoisotopic (exact) mass is 400 g/mol. The molecule has 1 amide bonds. The summed E-state index contributed by atoms with van der Waals surface area (Å²) in [5.41, 5.74) is 0.890. The van der Waals surface area contributed by atoms with Crippen LogP contribution in [0, 0.1) is 0 Å². The van der Waals surface area contributed by atoms with Gasteiger partial charge in [-0.2, -0.15) is 0 Å². The van der Waals surface area contributed by atoms with Crippen molar-refractivity contribution in [3.05, 3.63) is 75.0 Å². The second-order valence-corrected chi connectivity index (χ2v) is 6.45. The van der Waals surface area contributed by atoms with Crippen molar-refractivity contribution >= 4 is 32.7 Å². The van der Waals surface area contributed by atoms with Crippen LogP contribution in [-0.4, -0.2) is 23.6 Å². The average Bonchev–Trinajstić information content (AvgIpc) is 2.62. The maximum Gasteiger partial charge on any atom is 0.252 e. The number of pyridine rings is 1. The number of benzene rings is 2. The van der Waals surface area contributed by atoms with Crippen LogP contribution in [0.15, 0.2) is 63.9 Å². The molecule has 25 heavy (non-hydrogen) atoms. The van der Waals surface area contributed by atoms with Gasteiger partial charge >= 0.3 is 0 Å². The van der Waals surface area contributed by atoms with Crippen LogP contribution in [0.5, 0.6) is 5.75 Å². The van der Waals surface area contributed by atoms with Crippen LogP contribution < -0.4 is 15.6 Å². The number of para-hydroxylation sites is 1. The fraction of sp³-hybridized carbons (Fsp3) is 0.158. The Morgan fingerprint density at radius 1 is 1.16 bits per heavy atom. The van der Waals surface area contributed by atoms with E-state index in [9.17, 15) is 9.59 Å². The standard InChI is InChI=1S/C19H17BrN2O3/c1-22-17-8-3-2-7-15(17)16(12-18(22)23)19(24)21-9-10-25-14-6-4-5-13(20)11-14/h2-8,11-12H,9-10H2,1H3,(H,21,24). The van der Waals surface area contributed by atoms with E-state index in [0.717, 1.165) is 21.1 Å². The van der Waals surface area contributed by atoms with E-state index in [4.69, 9.17) is 4.74 Å². The van der Waals surface area contributed by atoms with Crippen LogP contribution in [0.3, 0.4) is 0 Å². The Labute approximate surface area is 153 Å². The van der Waals surface area contributed by atoms with Crippen molar-refractivity contribution in [2.75, 3.05) is 13.2 Å². The molecule has 5 nitrogen and oxygen atoms in total. The molecule has 1 N–H and O–H groups in total. The number of hydrogen-bond acceptors (Lipinski definition) is 3. The smallest absolute Gasteiger partial charge is 0.252 e. The van der Waals surface area contributed by atoms with E-state index in [1.54, 1.807) is 7.05 Å². The highest BCUT2D eigenvalue weighted by Crippen LogP contribution is 2.18.